The molecule has 0 spiro atoms. The Morgan fingerprint density at radius 1 is 1.54 bits per heavy atom. The molecule has 0 aliphatic carbocycles. The van der Waals surface area contributed by atoms with E-state index in [0.29, 0.717) is 18.2 Å². The van der Waals surface area contributed by atoms with Crippen molar-refractivity contribution in [2.45, 2.75) is 13.0 Å². The largest absolute Gasteiger partial charge is 0.368 e. The first-order valence-corrected chi connectivity index (χ1v) is 3.94. The van der Waals surface area contributed by atoms with Gasteiger partial charge >= 0.3 is 0 Å². The van der Waals surface area contributed by atoms with E-state index in [9.17, 15) is 0 Å². The predicted octanol–water partition coefficient (Wildman–Crippen LogP) is -0.529. The molecule has 7 heteroatoms. The quantitative estimate of drug-likeness (QED) is 0.565. The maximum absolute atomic E-state index is 5.47. The maximum atomic E-state index is 5.47. The Bertz CT molecular complexity index is 337. The number of rotatable bonds is 1. The van der Waals surface area contributed by atoms with E-state index in [4.69, 9.17) is 5.73 Å². The molecule has 0 saturated heterocycles. The SMILES string of the molecule is CCN=C1N=C(N)N=C2NN=NC12. The third kappa shape index (κ3) is 1.28. The minimum atomic E-state index is -0.285. The Morgan fingerprint density at radius 2 is 2.38 bits per heavy atom. The highest BCUT2D eigenvalue weighted by atomic mass is 15.5. The van der Waals surface area contributed by atoms with Crippen molar-refractivity contribution in [3.8, 4) is 0 Å². The summed E-state index contributed by atoms with van der Waals surface area (Å²) in [6.45, 7) is 2.56. The summed E-state index contributed by atoms with van der Waals surface area (Å²) in [7, 11) is 0. The van der Waals surface area contributed by atoms with Gasteiger partial charge in [0.15, 0.2) is 17.7 Å². The van der Waals surface area contributed by atoms with Gasteiger partial charge in [0.2, 0.25) is 5.96 Å². The van der Waals surface area contributed by atoms with Crippen LogP contribution in [0.4, 0.5) is 0 Å². The number of nitrogens with two attached hydrogens (primary N) is 1. The fourth-order valence-electron chi connectivity index (χ4n) is 1.12. The third-order valence-electron chi connectivity index (χ3n) is 1.63. The number of nitrogens with zero attached hydrogens (tertiary/aromatic N) is 5. The lowest BCUT2D eigenvalue weighted by atomic mass is 10.2. The summed E-state index contributed by atoms with van der Waals surface area (Å²) in [6, 6.07) is -0.285. The molecule has 2 aliphatic rings. The van der Waals surface area contributed by atoms with Crippen molar-refractivity contribution in [3.05, 3.63) is 0 Å². The molecule has 2 heterocycles. The molecule has 3 N–H and O–H groups in total. The van der Waals surface area contributed by atoms with Gasteiger partial charge in [0.05, 0.1) is 0 Å². The molecule has 0 aromatic heterocycles. The van der Waals surface area contributed by atoms with Crippen LogP contribution in [0.1, 0.15) is 6.92 Å². The maximum Gasteiger partial charge on any atom is 0.223 e. The van der Waals surface area contributed by atoms with Gasteiger partial charge in [0.25, 0.3) is 0 Å². The molecule has 1 atom stereocenters. The van der Waals surface area contributed by atoms with Crippen molar-refractivity contribution >= 4 is 17.6 Å². The normalized spacial score (nSPS) is 28.1. The van der Waals surface area contributed by atoms with Crippen molar-refractivity contribution < 1.29 is 0 Å². The molecule has 0 saturated carbocycles. The Labute approximate surface area is 74.5 Å². The Hall–Kier alpha value is -1.79. The molecule has 0 aromatic rings. The van der Waals surface area contributed by atoms with E-state index in [2.05, 4.69) is 30.7 Å². The minimum Gasteiger partial charge on any atom is -0.368 e. The summed E-state index contributed by atoms with van der Waals surface area (Å²) in [5.74, 6) is 1.36. The molecule has 7 nitrogen and oxygen atoms in total. The van der Waals surface area contributed by atoms with Crippen LogP contribution in [0.2, 0.25) is 0 Å². The van der Waals surface area contributed by atoms with Gasteiger partial charge in [-0.05, 0) is 6.92 Å². The van der Waals surface area contributed by atoms with Crippen molar-refractivity contribution in [1.82, 2.24) is 5.43 Å². The lowest BCUT2D eigenvalue weighted by Crippen LogP contribution is -2.37. The third-order valence-corrected chi connectivity index (χ3v) is 1.63. The minimum absolute atomic E-state index is 0.193. The average molecular weight is 179 g/mol. The van der Waals surface area contributed by atoms with E-state index in [1.807, 2.05) is 6.92 Å². The number of hydrogen-bond donors (Lipinski definition) is 2. The molecule has 0 aromatic carbocycles. The van der Waals surface area contributed by atoms with Gasteiger partial charge < -0.3 is 5.73 Å². The summed E-state index contributed by atoms with van der Waals surface area (Å²) < 4.78 is 0. The monoisotopic (exact) mass is 179 g/mol. The van der Waals surface area contributed by atoms with Crippen molar-refractivity contribution in [2.75, 3.05) is 6.54 Å². The van der Waals surface area contributed by atoms with Gasteiger partial charge in [-0.25, -0.2) is 5.43 Å². The summed E-state index contributed by atoms with van der Waals surface area (Å²) >= 11 is 0. The number of guanidine groups is 1. The Morgan fingerprint density at radius 3 is 3.15 bits per heavy atom. The highest BCUT2D eigenvalue weighted by Gasteiger charge is 2.29. The van der Waals surface area contributed by atoms with Crippen molar-refractivity contribution in [1.29, 1.82) is 0 Å². The van der Waals surface area contributed by atoms with Crippen LogP contribution in [0.25, 0.3) is 0 Å². The highest BCUT2D eigenvalue weighted by Crippen LogP contribution is 2.09. The molecule has 0 radical (unpaired) electrons. The number of aliphatic imine (C=N–C) groups is 3. The second kappa shape index (κ2) is 2.92. The van der Waals surface area contributed by atoms with Gasteiger partial charge in [0.1, 0.15) is 0 Å². The molecular weight excluding hydrogens is 170 g/mol. The molecule has 1 unspecified atom stereocenters. The summed E-state index contributed by atoms with van der Waals surface area (Å²) in [5, 5.41) is 7.51. The van der Waals surface area contributed by atoms with Crippen molar-refractivity contribution in [3.63, 3.8) is 0 Å². The second-order valence-corrected chi connectivity index (χ2v) is 2.53. The van der Waals surface area contributed by atoms with Crippen LogP contribution in [0.5, 0.6) is 0 Å². The van der Waals surface area contributed by atoms with Gasteiger partial charge in [-0.1, -0.05) is 5.22 Å². The van der Waals surface area contributed by atoms with E-state index in [-0.39, 0.29) is 12.0 Å². The highest BCUT2D eigenvalue weighted by molar-refractivity contribution is 6.19. The van der Waals surface area contributed by atoms with Gasteiger partial charge in [-0.2, -0.15) is 15.1 Å². The number of nitrogens with one attached hydrogen (secondary N) is 1. The predicted molar refractivity (Wildman–Crippen MR) is 48.8 cm³/mol. The van der Waals surface area contributed by atoms with Gasteiger partial charge in [0, 0.05) is 6.54 Å². The first-order valence-electron chi connectivity index (χ1n) is 3.94. The van der Waals surface area contributed by atoms with Crippen LogP contribution >= 0.6 is 0 Å². The standard InChI is InChI=1S/C6H9N7/c1-2-8-4-3-5(12-13-11-3)10-6(7)9-4/h3H,2H2,1H3,(H3,7,8,9,10,11,12). The fraction of sp³-hybridized carbons (Fsp3) is 0.500. The summed E-state index contributed by atoms with van der Waals surface area (Å²) in [4.78, 5) is 12.1. The zero-order valence-electron chi connectivity index (χ0n) is 7.10. The topological polar surface area (TPSA) is 99.8 Å². The Balaban J connectivity index is 2.36. The van der Waals surface area contributed by atoms with Crippen LogP contribution in [-0.4, -0.2) is 30.2 Å². The van der Waals surface area contributed by atoms with E-state index in [0.717, 1.165) is 0 Å². The summed E-state index contributed by atoms with van der Waals surface area (Å²) in [5.41, 5.74) is 8.11. The van der Waals surface area contributed by atoms with E-state index >= 15 is 0 Å². The molecule has 0 fully saturated rings. The fourth-order valence-corrected chi connectivity index (χ4v) is 1.12. The molecule has 13 heavy (non-hydrogen) atoms. The van der Waals surface area contributed by atoms with Gasteiger partial charge in [-0.15, -0.1) is 0 Å². The molecule has 2 aliphatic heterocycles. The lowest BCUT2D eigenvalue weighted by Gasteiger charge is -2.11. The van der Waals surface area contributed by atoms with Crippen LogP contribution in [0.15, 0.2) is 25.3 Å². The van der Waals surface area contributed by atoms with Crippen LogP contribution < -0.4 is 11.2 Å². The molecular formula is C6H9N7. The molecule has 0 bridgehead atoms. The van der Waals surface area contributed by atoms with Crippen LogP contribution in [-0.2, 0) is 0 Å². The first kappa shape index (κ1) is 7.84. The summed E-state index contributed by atoms with van der Waals surface area (Å²) in [6.07, 6.45) is 0. The average Bonchev–Trinajstić information content (AvgIpc) is 2.52. The van der Waals surface area contributed by atoms with Crippen LogP contribution in [0.3, 0.4) is 0 Å². The number of hydrogen-bond acceptors (Lipinski definition) is 6. The first-order chi connectivity index (χ1) is 6.31. The molecule has 68 valence electrons. The zero-order valence-corrected chi connectivity index (χ0v) is 7.10. The van der Waals surface area contributed by atoms with E-state index < -0.39 is 0 Å². The Kier molecular flexibility index (Phi) is 1.76. The second-order valence-electron chi connectivity index (χ2n) is 2.53. The van der Waals surface area contributed by atoms with E-state index in [1.165, 1.54) is 0 Å². The molecule has 0 amide bonds. The lowest BCUT2D eigenvalue weighted by molar-refractivity contribution is 0.946. The van der Waals surface area contributed by atoms with Gasteiger partial charge in [-0.3, -0.25) is 4.99 Å². The number of amidine groups is 2. The number of fused-ring (bicyclic) bond motifs is 1. The molecule has 2 rings (SSSR count). The smallest absolute Gasteiger partial charge is 0.223 e. The van der Waals surface area contributed by atoms with Crippen LogP contribution in [0, 0.1) is 0 Å². The zero-order chi connectivity index (χ0) is 9.26. The van der Waals surface area contributed by atoms with Crippen molar-refractivity contribution in [2.24, 2.45) is 31.0 Å². The van der Waals surface area contributed by atoms with E-state index in [1.54, 1.807) is 0 Å².